The summed E-state index contributed by atoms with van der Waals surface area (Å²) in [6.45, 7) is 19.3. The molecule has 0 aliphatic heterocycles. The van der Waals surface area contributed by atoms with E-state index in [-0.39, 0.29) is 0 Å². The number of benzene rings is 1. The molecule has 4 atom stereocenters. The van der Waals surface area contributed by atoms with Gasteiger partial charge < -0.3 is 0 Å². The van der Waals surface area contributed by atoms with Crippen molar-refractivity contribution in [2.75, 3.05) is 0 Å². The standard InChI is InChI=1S/C26H46Se4/c1-9-19(5)27-15-23-13-25(17-29-21(7)11-3)26(18-30-22(8)12-4)14-24(23)16-28-20(6)10-2/h13-14,19-22H,9-12,15-18H2,1-8H3. The van der Waals surface area contributed by atoms with E-state index in [0.717, 1.165) is 79.1 Å². The predicted molar refractivity (Wildman–Crippen MR) is 143 cm³/mol. The van der Waals surface area contributed by atoms with Gasteiger partial charge in [0, 0.05) is 0 Å². The van der Waals surface area contributed by atoms with Gasteiger partial charge in [0.2, 0.25) is 0 Å². The summed E-state index contributed by atoms with van der Waals surface area (Å²) in [5.74, 6) is 0. The number of hydrogen-bond acceptors (Lipinski definition) is 0. The van der Waals surface area contributed by atoms with E-state index in [9.17, 15) is 0 Å². The quantitative estimate of drug-likeness (QED) is 0.161. The van der Waals surface area contributed by atoms with Crippen LogP contribution in [-0.2, 0) is 21.3 Å². The van der Waals surface area contributed by atoms with Crippen LogP contribution in [0.2, 0.25) is 19.3 Å². The van der Waals surface area contributed by atoms with Gasteiger partial charge in [-0.2, -0.15) is 0 Å². The Labute approximate surface area is 214 Å². The summed E-state index contributed by atoms with van der Waals surface area (Å²) in [6.07, 6.45) is 5.36. The average Bonchev–Trinajstić information content (AvgIpc) is 2.77. The first-order valence-electron chi connectivity index (χ1n) is 11.9. The first-order valence-corrected chi connectivity index (χ1v) is 20.7. The van der Waals surface area contributed by atoms with Gasteiger partial charge >= 0.3 is 216 Å². The Hall–Kier alpha value is 1.30. The van der Waals surface area contributed by atoms with Crippen LogP contribution < -0.4 is 0 Å². The van der Waals surface area contributed by atoms with Crippen molar-refractivity contribution in [3.8, 4) is 0 Å². The molecule has 0 N–H and O–H groups in total. The molecular formula is C26H46Se4. The van der Waals surface area contributed by atoms with E-state index < -0.39 is 0 Å². The minimum atomic E-state index is 0.744. The fraction of sp³-hybridized carbons (Fsp3) is 0.769. The first kappa shape index (κ1) is 29.3. The van der Waals surface area contributed by atoms with Gasteiger partial charge in [-0.3, -0.25) is 0 Å². The van der Waals surface area contributed by atoms with Crippen molar-refractivity contribution < 1.29 is 0 Å². The summed E-state index contributed by atoms with van der Waals surface area (Å²) in [5, 5.41) is 5.42. The van der Waals surface area contributed by atoms with E-state index in [1.54, 1.807) is 22.3 Å². The van der Waals surface area contributed by atoms with Crippen LogP contribution in [0.1, 0.15) is 103 Å². The molecule has 0 amide bonds. The fourth-order valence-corrected chi connectivity index (χ4v) is 10.9. The molecule has 0 saturated carbocycles. The van der Waals surface area contributed by atoms with Gasteiger partial charge in [-0.1, -0.05) is 0 Å². The van der Waals surface area contributed by atoms with Gasteiger partial charge in [-0.05, 0) is 0 Å². The second-order valence-electron chi connectivity index (χ2n) is 8.51. The predicted octanol–water partition coefficient (Wildman–Crippen LogP) is 7.38. The Balaban J connectivity index is 3.17. The van der Waals surface area contributed by atoms with E-state index in [0.29, 0.717) is 0 Å². The van der Waals surface area contributed by atoms with E-state index in [2.05, 4.69) is 67.5 Å². The normalized spacial score (nSPS) is 15.7. The third-order valence-electron chi connectivity index (χ3n) is 5.91. The topological polar surface area (TPSA) is 0 Å². The number of rotatable bonds is 16. The van der Waals surface area contributed by atoms with E-state index >= 15 is 0 Å². The van der Waals surface area contributed by atoms with Crippen LogP contribution in [0.15, 0.2) is 12.1 Å². The number of hydrogen-bond donors (Lipinski definition) is 0. The SMILES string of the molecule is CCC(C)[Se]Cc1cc(C[Se]C(C)CC)c(C[Se]C(C)CC)cc1C[Se]C(C)CC. The molecule has 4 heteroatoms. The van der Waals surface area contributed by atoms with Crippen LogP contribution in [0.25, 0.3) is 0 Å². The third kappa shape index (κ3) is 11.4. The van der Waals surface area contributed by atoms with E-state index in [4.69, 9.17) is 0 Å². The van der Waals surface area contributed by atoms with Gasteiger partial charge in [0.15, 0.2) is 0 Å². The van der Waals surface area contributed by atoms with Gasteiger partial charge in [-0.15, -0.1) is 0 Å². The van der Waals surface area contributed by atoms with Crippen molar-refractivity contribution in [1.82, 2.24) is 0 Å². The molecule has 174 valence electrons. The summed E-state index contributed by atoms with van der Waals surface area (Å²) < 4.78 is 0. The molecule has 1 rings (SSSR count). The molecule has 0 nitrogen and oxygen atoms in total. The molecule has 30 heavy (non-hydrogen) atoms. The zero-order valence-electron chi connectivity index (χ0n) is 20.8. The van der Waals surface area contributed by atoms with Gasteiger partial charge in [0.05, 0.1) is 0 Å². The molecule has 0 radical (unpaired) electrons. The molecular weight excluding hydrogens is 628 g/mol. The fourth-order valence-electron chi connectivity index (χ4n) is 2.73. The van der Waals surface area contributed by atoms with Crippen LogP contribution in [0.3, 0.4) is 0 Å². The first-order chi connectivity index (χ1) is 14.3. The molecule has 0 spiro atoms. The van der Waals surface area contributed by atoms with E-state index in [1.807, 2.05) is 0 Å². The van der Waals surface area contributed by atoms with Crippen molar-refractivity contribution in [3.63, 3.8) is 0 Å². The molecule has 0 fully saturated rings. The zero-order valence-corrected chi connectivity index (χ0v) is 27.6. The van der Waals surface area contributed by atoms with Crippen molar-refractivity contribution in [1.29, 1.82) is 0 Å². The van der Waals surface area contributed by atoms with Crippen molar-refractivity contribution in [3.05, 3.63) is 34.4 Å². The summed E-state index contributed by atoms with van der Waals surface area (Å²) in [6, 6.07) is 5.41. The summed E-state index contributed by atoms with van der Waals surface area (Å²) in [4.78, 5) is 3.64. The molecule has 1 aromatic rings. The molecule has 0 aromatic heterocycles. The molecule has 1 aromatic carbocycles. The molecule has 0 saturated heterocycles. The Morgan fingerprint density at radius 3 is 0.833 bits per heavy atom. The zero-order chi connectivity index (χ0) is 22.5. The van der Waals surface area contributed by atoms with Crippen molar-refractivity contribution in [2.24, 2.45) is 0 Å². The summed E-state index contributed by atoms with van der Waals surface area (Å²) in [5.41, 5.74) is 6.93. The van der Waals surface area contributed by atoms with Crippen molar-refractivity contribution >= 4 is 59.8 Å². The monoisotopic (exact) mass is 678 g/mol. The third-order valence-corrected chi connectivity index (χ3v) is 17.5. The maximum atomic E-state index is 2.71. The average molecular weight is 674 g/mol. The maximum absolute atomic E-state index is 2.71. The van der Waals surface area contributed by atoms with Gasteiger partial charge in [-0.25, -0.2) is 0 Å². The Kier molecular flexibility index (Phi) is 16.5. The minimum absolute atomic E-state index is 0.744. The second-order valence-corrected chi connectivity index (χ2v) is 20.5. The second kappa shape index (κ2) is 16.8. The van der Waals surface area contributed by atoms with Crippen LogP contribution >= 0.6 is 0 Å². The molecule has 0 bridgehead atoms. The molecule has 0 aliphatic rings. The Morgan fingerprint density at radius 2 is 0.667 bits per heavy atom. The molecule has 0 heterocycles. The van der Waals surface area contributed by atoms with Crippen molar-refractivity contribution in [2.45, 2.75) is 122 Å². The van der Waals surface area contributed by atoms with E-state index in [1.165, 1.54) is 47.0 Å². The molecule has 0 aliphatic carbocycles. The van der Waals surface area contributed by atoms with Gasteiger partial charge in [0.25, 0.3) is 0 Å². The summed E-state index contributed by atoms with van der Waals surface area (Å²) >= 11 is 2.98. The van der Waals surface area contributed by atoms with Crippen LogP contribution in [0.4, 0.5) is 0 Å². The Morgan fingerprint density at radius 1 is 0.467 bits per heavy atom. The summed E-state index contributed by atoms with van der Waals surface area (Å²) in [7, 11) is 0. The molecule has 4 unspecified atom stereocenters. The van der Waals surface area contributed by atoms with Crippen LogP contribution in [0, 0.1) is 0 Å². The van der Waals surface area contributed by atoms with Crippen LogP contribution in [-0.4, -0.2) is 59.8 Å². The van der Waals surface area contributed by atoms with Crippen LogP contribution in [0.5, 0.6) is 0 Å². The van der Waals surface area contributed by atoms with Gasteiger partial charge in [0.1, 0.15) is 0 Å². The Bertz CT molecular complexity index is 488.